The number of benzene rings is 1. The molecule has 142 valence electrons. The molecule has 1 heterocycles. The molecule has 0 spiro atoms. The quantitative estimate of drug-likeness (QED) is 0.521. The molecule has 2 N–H and O–H groups in total. The van der Waals surface area contributed by atoms with Crippen molar-refractivity contribution in [2.75, 3.05) is 26.9 Å². The van der Waals surface area contributed by atoms with Gasteiger partial charge in [-0.15, -0.1) is 0 Å². The van der Waals surface area contributed by atoms with Crippen LogP contribution in [0.15, 0.2) is 35.5 Å². The van der Waals surface area contributed by atoms with Crippen LogP contribution in [0.1, 0.15) is 38.3 Å². The molecule has 0 saturated heterocycles. The molecule has 1 aromatic carbocycles. The SMILES string of the molecule is CCCCOc1ccc(C2NC(=O)NC(C)=C2C(=O)OCCOC)cc1. The van der Waals surface area contributed by atoms with E-state index in [1.807, 2.05) is 24.3 Å². The number of hydrogen-bond donors (Lipinski definition) is 2. The third-order valence-corrected chi connectivity index (χ3v) is 3.99. The number of rotatable bonds is 9. The Hall–Kier alpha value is -2.54. The van der Waals surface area contributed by atoms with Crippen molar-refractivity contribution >= 4 is 12.0 Å². The molecule has 0 fully saturated rings. The van der Waals surface area contributed by atoms with E-state index in [9.17, 15) is 9.59 Å². The molecule has 2 rings (SSSR count). The summed E-state index contributed by atoms with van der Waals surface area (Å²) in [5.41, 5.74) is 1.63. The molecular weight excluding hydrogens is 336 g/mol. The highest BCUT2D eigenvalue weighted by atomic mass is 16.6. The van der Waals surface area contributed by atoms with Crippen LogP contribution < -0.4 is 15.4 Å². The van der Waals surface area contributed by atoms with Gasteiger partial charge in [-0.05, 0) is 31.0 Å². The van der Waals surface area contributed by atoms with Gasteiger partial charge < -0.3 is 24.8 Å². The Balaban J connectivity index is 2.17. The summed E-state index contributed by atoms with van der Waals surface area (Å²) >= 11 is 0. The van der Waals surface area contributed by atoms with Crippen LogP contribution in [0.5, 0.6) is 5.75 Å². The lowest BCUT2D eigenvalue weighted by Gasteiger charge is -2.28. The van der Waals surface area contributed by atoms with Crippen LogP contribution in [0.4, 0.5) is 4.79 Å². The van der Waals surface area contributed by atoms with Gasteiger partial charge in [-0.25, -0.2) is 9.59 Å². The third kappa shape index (κ3) is 5.23. The zero-order chi connectivity index (χ0) is 18.9. The topological polar surface area (TPSA) is 85.9 Å². The van der Waals surface area contributed by atoms with E-state index in [0.717, 1.165) is 24.2 Å². The van der Waals surface area contributed by atoms with Crippen molar-refractivity contribution in [2.45, 2.75) is 32.7 Å². The predicted molar refractivity (Wildman–Crippen MR) is 96.8 cm³/mol. The zero-order valence-corrected chi connectivity index (χ0v) is 15.5. The zero-order valence-electron chi connectivity index (χ0n) is 15.5. The summed E-state index contributed by atoms with van der Waals surface area (Å²) < 4.78 is 15.8. The first kappa shape index (κ1) is 19.8. The first-order chi connectivity index (χ1) is 12.6. The van der Waals surface area contributed by atoms with Gasteiger partial charge in [-0.2, -0.15) is 0 Å². The molecule has 1 atom stereocenters. The molecule has 0 aromatic heterocycles. The van der Waals surface area contributed by atoms with Gasteiger partial charge >= 0.3 is 12.0 Å². The minimum atomic E-state index is -0.580. The fourth-order valence-corrected chi connectivity index (χ4v) is 2.60. The van der Waals surface area contributed by atoms with Gasteiger partial charge in [-0.3, -0.25) is 0 Å². The molecule has 1 aliphatic heterocycles. The van der Waals surface area contributed by atoms with Crippen LogP contribution in [0, 0.1) is 0 Å². The fraction of sp³-hybridized carbons (Fsp3) is 0.474. The Morgan fingerprint density at radius 1 is 1.15 bits per heavy atom. The van der Waals surface area contributed by atoms with Gasteiger partial charge in [0.25, 0.3) is 0 Å². The summed E-state index contributed by atoms with van der Waals surface area (Å²) in [7, 11) is 1.54. The Labute approximate surface area is 153 Å². The monoisotopic (exact) mass is 362 g/mol. The molecule has 0 bridgehead atoms. The number of methoxy groups -OCH3 is 1. The smallest absolute Gasteiger partial charge is 0.338 e. The maximum absolute atomic E-state index is 12.5. The summed E-state index contributed by atoms with van der Waals surface area (Å²) in [6.07, 6.45) is 2.06. The molecule has 0 saturated carbocycles. The van der Waals surface area contributed by atoms with E-state index in [-0.39, 0.29) is 12.6 Å². The first-order valence-corrected chi connectivity index (χ1v) is 8.74. The van der Waals surface area contributed by atoms with Gasteiger partial charge in [0.2, 0.25) is 0 Å². The van der Waals surface area contributed by atoms with Crippen molar-refractivity contribution in [1.82, 2.24) is 10.6 Å². The second-order valence-corrected chi connectivity index (χ2v) is 5.97. The van der Waals surface area contributed by atoms with Crippen molar-refractivity contribution in [2.24, 2.45) is 0 Å². The Morgan fingerprint density at radius 2 is 1.88 bits per heavy atom. The molecule has 1 aromatic rings. The van der Waals surface area contributed by atoms with E-state index >= 15 is 0 Å². The molecule has 26 heavy (non-hydrogen) atoms. The number of unbranched alkanes of at least 4 members (excludes halogenated alkanes) is 1. The second-order valence-electron chi connectivity index (χ2n) is 5.97. The lowest BCUT2D eigenvalue weighted by molar-refractivity contribution is -0.140. The highest BCUT2D eigenvalue weighted by Crippen LogP contribution is 2.28. The summed E-state index contributed by atoms with van der Waals surface area (Å²) in [6, 6.07) is 6.42. The maximum atomic E-state index is 12.5. The van der Waals surface area contributed by atoms with E-state index in [1.165, 1.54) is 7.11 Å². The summed E-state index contributed by atoms with van der Waals surface area (Å²) in [6.45, 7) is 4.91. The van der Waals surface area contributed by atoms with Crippen molar-refractivity contribution in [1.29, 1.82) is 0 Å². The lowest BCUT2D eigenvalue weighted by atomic mass is 9.95. The average Bonchev–Trinajstić information content (AvgIpc) is 2.62. The number of carbonyl (C=O) groups excluding carboxylic acids is 2. The van der Waals surface area contributed by atoms with Gasteiger partial charge in [0, 0.05) is 12.8 Å². The van der Waals surface area contributed by atoms with Gasteiger partial charge in [0.05, 0.1) is 24.8 Å². The van der Waals surface area contributed by atoms with Crippen LogP contribution >= 0.6 is 0 Å². The molecule has 1 unspecified atom stereocenters. The summed E-state index contributed by atoms with van der Waals surface area (Å²) in [5.74, 6) is 0.271. The van der Waals surface area contributed by atoms with E-state index in [4.69, 9.17) is 14.2 Å². The highest BCUT2D eigenvalue weighted by molar-refractivity contribution is 5.95. The number of allylic oxidation sites excluding steroid dienone is 1. The van der Waals surface area contributed by atoms with Gasteiger partial charge in [0.15, 0.2) is 0 Å². The molecule has 2 amide bonds. The van der Waals surface area contributed by atoms with E-state index in [1.54, 1.807) is 6.92 Å². The van der Waals surface area contributed by atoms with Crippen LogP contribution in [0.2, 0.25) is 0 Å². The molecule has 0 radical (unpaired) electrons. The number of ether oxygens (including phenoxy) is 3. The van der Waals surface area contributed by atoms with Crippen molar-refractivity contribution in [3.05, 3.63) is 41.1 Å². The molecule has 1 aliphatic rings. The molecule has 7 heteroatoms. The Morgan fingerprint density at radius 3 is 2.54 bits per heavy atom. The second kappa shape index (κ2) is 9.82. The average molecular weight is 362 g/mol. The number of esters is 1. The summed E-state index contributed by atoms with van der Waals surface area (Å²) in [5, 5.41) is 5.39. The predicted octanol–water partition coefficient (Wildman–Crippen LogP) is 2.68. The van der Waals surface area contributed by atoms with Crippen molar-refractivity contribution in [3.8, 4) is 5.75 Å². The standard InChI is InChI=1S/C19H26N2O5/c1-4-5-10-25-15-8-6-14(7-9-15)17-16(13(2)20-19(23)21-17)18(22)26-12-11-24-3/h6-9,17H,4-5,10-12H2,1-3H3,(H2,20,21,23). The van der Waals surface area contributed by atoms with E-state index in [2.05, 4.69) is 17.6 Å². The van der Waals surface area contributed by atoms with Crippen LogP contribution in [-0.2, 0) is 14.3 Å². The summed E-state index contributed by atoms with van der Waals surface area (Å²) in [4.78, 5) is 24.3. The van der Waals surface area contributed by atoms with Gasteiger partial charge in [-0.1, -0.05) is 25.5 Å². The molecular formula is C19H26N2O5. The third-order valence-electron chi connectivity index (χ3n) is 3.99. The van der Waals surface area contributed by atoms with Crippen LogP contribution in [0.3, 0.4) is 0 Å². The Kier molecular flexibility index (Phi) is 7.47. The van der Waals surface area contributed by atoms with E-state index < -0.39 is 12.0 Å². The molecule has 0 aliphatic carbocycles. The Bertz CT molecular complexity index is 654. The number of amides is 2. The normalized spacial score (nSPS) is 16.7. The van der Waals surface area contributed by atoms with Crippen molar-refractivity contribution < 1.29 is 23.8 Å². The number of urea groups is 1. The van der Waals surface area contributed by atoms with Crippen molar-refractivity contribution in [3.63, 3.8) is 0 Å². The number of hydrogen-bond acceptors (Lipinski definition) is 5. The van der Waals surface area contributed by atoms with Gasteiger partial charge in [0.1, 0.15) is 12.4 Å². The minimum Gasteiger partial charge on any atom is -0.494 e. The van der Waals surface area contributed by atoms with Crippen LogP contribution in [-0.4, -0.2) is 38.9 Å². The fourth-order valence-electron chi connectivity index (χ4n) is 2.60. The first-order valence-electron chi connectivity index (χ1n) is 8.74. The van der Waals surface area contributed by atoms with Crippen LogP contribution in [0.25, 0.3) is 0 Å². The molecule has 7 nitrogen and oxygen atoms in total. The minimum absolute atomic E-state index is 0.150. The highest BCUT2D eigenvalue weighted by Gasteiger charge is 2.32. The van der Waals surface area contributed by atoms with E-state index in [0.29, 0.717) is 24.5 Å². The maximum Gasteiger partial charge on any atom is 0.338 e. The largest absolute Gasteiger partial charge is 0.494 e. The number of carbonyl (C=O) groups is 2. The number of nitrogens with one attached hydrogen (secondary N) is 2. The lowest BCUT2D eigenvalue weighted by Crippen LogP contribution is -2.45.